The third-order valence-corrected chi connectivity index (χ3v) is 3.66. The third kappa shape index (κ3) is 3.92. The van der Waals surface area contributed by atoms with Crippen molar-refractivity contribution in [1.82, 2.24) is 0 Å². The highest BCUT2D eigenvalue weighted by atomic mass is 19.2. The lowest BCUT2D eigenvalue weighted by atomic mass is 10.1. The maximum absolute atomic E-state index is 14.2. The summed E-state index contributed by atoms with van der Waals surface area (Å²) in [6.07, 6.45) is 0. The van der Waals surface area contributed by atoms with E-state index in [4.69, 9.17) is 0 Å². The monoisotopic (exact) mass is 382 g/mol. The fourth-order valence-electron chi connectivity index (χ4n) is 2.21. The second-order valence-electron chi connectivity index (χ2n) is 5.60. The average Bonchev–Trinajstić information content (AvgIpc) is 2.69. The third-order valence-electron chi connectivity index (χ3n) is 3.66. The molecule has 0 aliphatic heterocycles. The molecule has 0 saturated carbocycles. The Bertz CT molecular complexity index is 1040. The minimum atomic E-state index is -1.65. The smallest absolute Gasteiger partial charge is 0.178 e. The zero-order valence-corrected chi connectivity index (χ0v) is 14.0. The number of aromatic hydroxyl groups is 2. The Morgan fingerprint density at radius 3 is 1.04 bits per heavy atom. The van der Waals surface area contributed by atoms with E-state index in [9.17, 15) is 27.8 Å². The van der Waals surface area contributed by atoms with Crippen molar-refractivity contribution >= 4 is 0 Å². The van der Waals surface area contributed by atoms with Gasteiger partial charge < -0.3 is 10.2 Å². The molecule has 0 fully saturated rings. The van der Waals surface area contributed by atoms with E-state index in [1.807, 2.05) is 0 Å². The molecular weight excluding hydrogens is 372 g/mol. The first-order valence-corrected chi connectivity index (χ1v) is 7.85. The van der Waals surface area contributed by atoms with Crippen molar-refractivity contribution in [3.05, 3.63) is 94.1 Å². The Morgan fingerprint density at radius 2 is 0.750 bits per heavy atom. The van der Waals surface area contributed by atoms with Crippen LogP contribution in [-0.2, 0) is 0 Å². The molecule has 138 valence electrons. The van der Waals surface area contributed by atoms with Gasteiger partial charge in [0.1, 0.15) is 22.6 Å². The fraction of sp³-hybridized carbons (Fsp3) is 0. The summed E-state index contributed by atoms with van der Waals surface area (Å²) >= 11 is 0. The van der Waals surface area contributed by atoms with Crippen LogP contribution in [0.25, 0.3) is 0 Å². The maximum atomic E-state index is 14.2. The number of phenols is 2. The molecule has 0 aromatic heterocycles. The van der Waals surface area contributed by atoms with Gasteiger partial charge in [-0.1, -0.05) is 23.7 Å². The van der Waals surface area contributed by atoms with Gasteiger partial charge in [-0.15, -0.1) is 0 Å². The molecule has 6 heteroatoms. The van der Waals surface area contributed by atoms with Gasteiger partial charge in [-0.3, -0.25) is 0 Å². The summed E-state index contributed by atoms with van der Waals surface area (Å²) in [6.45, 7) is 0. The standard InChI is InChI=1S/C22H10F4O2/c23-19-17(11-5-13-1-7-15(27)8-2-13)20(24)22(26)18(21(19)25)12-6-14-3-9-16(28)10-4-14/h1-4,7-10,27-28H. The van der Waals surface area contributed by atoms with E-state index >= 15 is 0 Å². The van der Waals surface area contributed by atoms with Crippen molar-refractivity contribution in [3.8, 4) is 35.2 Å². The number of hydrogen-bond acceptors (Lipinski definition) is 2. The molecule has 0 saturated heterocycles. The number of hydrogen-bond donors (Lipinski definition) is 2. The van der Waals surface area contributed by atoms with E-state index in [1.165, 1.54) is 48.5 Å². The van der Waals surface area contributed by atoms with E-state index in [2.05, 4.69) is 23.7 Å². The van der Waals surface area contributed by atoms with Crippen LogP contribution in [0, 0.1) is 47.0 Å². The second kappa shape index (κ2) is 7.77. The van der Waals surface area contributed by atoms with Gasteiger partial charge in [0.05, 0.1) is 0 Å². The molecular formula is C22H10F4O2. The predicted octanol–water partition coefficient (Wildman–Crippen LogP) is 4.45. The zero-order chi connectivity index (χ0) is 20.3. The first kappa shape index (κ1) is 18.9. The zero-order valence-electron chi connectivity index (χ0n) is 14.0. The van der Waals surface area contributed by atoms with Crippen molar-refractivity contribution in [2.45, 2.75) is 0 Å². The lowest BCUT2D eigenvalue weighted by Gasteiger charge is -2.04. The Balaban J connectivity index is 2.03. The molecule has 0 unspecified atom stereocenters. The van der Waals surface area contributed by atoms with Crippen molar-refractivity contribution in [2.75, 3.05) is 0 Å². The van der Waals surface area contributed by atoms with Crippen molar-refractivity contribution < 1.29 is 27.8 Å². The van der Waals surface area contributed by atoms with Crippen molar-refractivity contribution in [3.63, 3.8) is 0 Å². The predicted molar refractivity (Wildman–Crippen MR) is 94.4 cm³/mol. The molecule has 2 nitrogen and oxygen atoms in total. The van der Waals surface area contributed by atoms with Crippen LogP contribution in [0.3, 0.4) is 0 Å². The average molecular weight is 382 g/mol. The van der Waals surface area contributed by atoms with Crippen LogP contribution in [0.1, 0.15) is 22.3 Å². The van der Waals surface area contributed by atoms with Crippen LogP contribution >= 0.6 is 0 Å². The molecule has 0 aliphatic carbocycles. The van der Waals surface area contributed by atoms with Gasteiger partial charge in [0.15, 0.2) is 23.3 Å². The highest BCUT2D eigenvalue weighted by molar-refractivity contribution is 5.51. The first-order valence-electron chi connectivity index (χ1n) is 7.85. The van der Waals surface area contributed by atoms with Crippen LogP contribution in [0.4, 0.5) is 17.6 Å². The molecule has 28 heavy (non-hydrogen) atoms. The van der Waals surface area contributed by atoms with Gasteiger partial charge in [-0.05, 0) is 48.5 Å². The van der Waals surface area contributed by atoms with Crippen molar-refractivity contribution in [1.29, 1.82) is 0 Å². The molecule has 3 aromatic rings. The Kier molecular flexibility index (Phi) is 5.24. The molecule has 0 bridgehead atoms. The second-order valence-corrected chi connectivity index (χ2v) is 5.60. The van der Waals surface area contributed by atoms with Gasteiger partial charge in [0, 0.05) is 11.1 Å². The highest BCUT2D eigenvalue weighted by Gasteiger charge is 2.23. The summed E-state index contributed by atoms with van der Waals surface area (Å²) in [5, 5.41) is 18.4. The molecule has 3 aromatic carbocycles. The summed E-state index contributed by atoms with van der Waals surface area (Å²) in [5.41, 5.74) is -1.54. The van der Waals surface area contributed by atoms with Gasteiger partial charge in [0.2, 0.25) is 0 Å². The van der Waals surface area contributed by atoms with Crippen LogP contribution in [-0.4, -0.2) is 10.2 Å². The van der Waals surface area contributed by atoms with E-state index in [0.717, 1.165) is 0 Å². The molecule has 0 atom stereocenters. The highest BCUT2D eigenvalue weighted by Crippen LogP contribution is 2.23. The fourth-order valence-corrected chi connectivity index (χ4v) is 2.21. The van der Waals surface area contributed by atoms with Gasteiger partial charge in [-0.25, -0.2) is 17.6 Å². The summed E-state index contributed by atoms with van der Waals surface area (Å²) in [5.74, 6) is 2.21. The molecule has 0 heterocycles. The van der Waals surface area contributed by atoms with E-state index in [-0.39, 0.29) is 22.6 Å². The summed E-state index contributed by atoms with van der Waals surface area (Å²) in [7, 11) is 0. The van der Waals surface area contributed by atoms with E-state index in [0.29, 0.717) is 0 Å². The minimum absolute atomic E-state index is 0.0310. The van der Waals surface area contributed by atoms with Crippen LogP contribution in [0.5, 0.6) is 11.5 Å². The van der Waals surface area contributed by atoms with Gasteiger partial charge >= 0.3 is 0 Å². The molecule has 0 amide bonds. The quantitative estimate of drug-likeness (QED) is 0.343. The van der Waals surface area contributed by atoms with Crippen LogP contribution < -0.4 is 0 Å². The first-order chi connectivity index (χ1) is 13.4. The molecule has 2 N–H and O–H groups in total. The molecule has 0 aliphatic rings. The normalized spacial score (nSPS) is 9.86. The minimum Gasteiger partial charge on any atom is -0.508 e. The van der Waals surface area contributed by atoms with E-state index in [1.54, 1.807) is 0 Å². The topological polar surface area (TPSA) is 40.5 Å². The number of halogens is 4. The summed E-state index contributed by atoms with van der Waals surface area (Å²) in [4.78, 5) is 0. The number of benzene rings is 3. The lowest BCUT2D eigenvalue weighted by Crippen LogP contribution is -2.04. The van der Waals surface area contributed by atoms with Crippen molar-refractivity contribution in [2.24, 2.45) is 0 Å². The van der Waals surface area contributed by atoms with Crippen LogP contribution in [0.15, 0.2) is 48.5 Å². The largest absolute Gasteiger partial charge is 0.508 e. The van der Waals surface area contributed by atoms with Gasteiger partial charge in [-0.2, -0.15) is 0 Å². The number of rotatable bonds is 0. The Labute approximate surface area is 157 Å². The molecule has 0 radical (unpaired) electrons. The SMILES string of the molecule is Oc1ccc(C#Cc2c(F)c(F)c(C#Cc3ccc(O)cc3)c(F)c2F)cc1. The molecule has 0 spiro atoms. The summed E-state index contributed by atoms with van der Waals surface area (Å²) < 4.78 is 56.9. The Morgan fingerprint density at radius 1 is 0.464 bits per heavy atom. The summed E-state index contributed by atoms with van der Waals surface area (Å²) in [6, 6.07) is 10.7. The van der Waals surface area contributed by atoms with Gasteiger partial charge in [0.25, 0.3) is 0 Å². The molecule has 3 rings (SSSR count). The van der Waals surface area contributed by atoms with E-state index < -0.39 is 34.4 Å². The number of phenolic OH excluding ortho intramolecular Hbond substituents is 2. The van der Waals surface area contributed by atoms with Crippen LogP contribution in [0.2, 0.25) is 0 Å². The maximum Gasteiger partial charge on any atom is 0.178 e. The lowest BCUT2D eigenvalue weighted by molar-refractivity contribution is 0.447. The Hall–Kier alpha value is -3.90.